The Kier molecular flexibility index (Phi) is 3.36. The molecule has 0 aromatic rings. The van der Waals surface area contributed by atoms with Crippen molar-refractivity contribution in [1.29, 1.82) is 0 Å². The van der Waals surface area contributed by atoms with Crippen molar-refractivity contribution in [3.8, 4) is 0 Å². The second-order valence-electron chi connectivity index (χ2n) is 5.27. The lowest BCUT2D eigenvalue weighted by Gasteiger charge is -2.41. The van der Waals surface area contributed by atoms with Crippen molar-refractivity contribution in [1.82, 2.24) is 0 Å². The van der Waals surface area contributed by atoms with Crippen molar-refractivity contribution < 1.29 is 4.74 Å². The first-order valence-corrected chi connectivity index (χ1v) is 5.32. The van der Waals surface area contributed by atoms with E-state index in [9.17, 15) is 0 Å². The minimum Gasteiger partial charge on any atom is -0.376 e. The summed E-state index contributed by atoms with van der Waals surface area (Å²) in [7, 11) is 0. The summed E-state index contributed by atoms with van der Waals surface area (Å²) in [6.07, 6.45) is 5.10. The zero-order valence-electron chi connectivity index (χ0n) is 9.23. The lowest BCUT2D eigenvalue weighted by Crippen LogP contribution is -2.38. The lowest BCUT2D eigenvalue weighted by atomic mass is 9.67. The Morgan fingerprint density at radius 2 is 1.92 bits per heavy atom. The summed E-state index contributed by atoms with van der Waals surface area (Å²) >= 11 is 0. The number of hydrogen-bond acceptors (Lipinski definition) is 2. The second-order valence-corrected chi connectivity index (χ2v) is 5.27. The minimum atomic E-state index is -0.000461. The molecule has 0 saturated heterocycles. The van der Waals surface area contributed by atoms with Crippen molar-refractivity contribution >= 4 is 0 Å². The molecule has 0 spiro atoms. The Hall–Kier alpha value is -0.0800. The van der Waals surface area contributed by atoms with Crippen LogP contribution in [0, 0.1) is 5.41 Å². The van der Waals surface area contributed by atoms with Crippen LogP contribution in [-0.4, -0.2) is 18.8 Å². The van der Waals surface area contributed by atoms with E-state index < -0.39 is 0 Å². The minimum absolute atomic E-state index is 0.000461. The Bertz CT molecular complexity index is 150. The van der Waals surface area contributed by atoms with E-state index >= 15 is 0 Å². The van der Waals surface area contributed by atoms with Crippen LogP contribution in [0.3, 0.4) is 0 Å². The van der Waals surface area contributed by atoms with Crippen LogP contribution in [0.15, 0.2) is 0 Å². The van der Waals surface area contributed by atoms with Crippen LogP contribution in [0.1, 0.15) is 46.5 Å². The van der Waals surface area contributed by atoms with Gasteiger partial charge in [0.15, 0.2) is 0 Å². The highest BCUT2D eigenvalue weighted by atomic mass is 16.5. The molecule has 0 radical (unpaired) electrons. The molecule has 1 aliphatic rings. The van der Waals surface area contributed by atoms with Crippen LogP contribution < -0.4 is 5.73 Å². The van der Waals surface area contributed by atoms with Gasteiger partial charge >= 0.3 is 0 Å². The first kappa shape index (κ1) is 11.0. The van der Waals surface area contributed by atoms with E-state index in [1.807, 2.05) is 0 Å². The van der Waals surface area contributed by atoms with Gasteiger partial charge in [0, 0.05) is 6.61 Å². The molecular weight excluding hydrogens is 162 g/mol. The maximum atomic E-state index is 5.76. The van der Waals surface area contributed by atoms with Crippen molar-refractivity contribution in [3.63, 3.8) is 0 Å². The quantitative estimate of drug-likeness (QED) is 0.729. The maximum Gasteiger partial charge on any atom is 0.0598 e. The summed E-state index contributed by atoms with van der Waals surface area (Å²) in [5, 5.41) is 0. The standard InChI is InChI=1S/C11H23NO/c1-10(2,3)13-8-7-11(9-12)5-4-6-11/h4-9,12H2,1-3H3. The molecule has 78 valence electrons. The van der Waals surface area contributed by atoms with E-state index in [4.69, 9.17) is 10.5 Å². The van der Waals surface area contributed by atoms with Crippen molar-refractivity contribution in [2.75, 3.05) is 13.2 Å². The van der Waals surface area contributed by atoms with Gasteiger partial charge < -0.3 is 10.5 Å². The molecule has 1 fully saturated rings. The van der Waals surface area contributed by atoms with E-state index in [1.165, 1.54) is 19.3 Å². The zero-order valence-corrected chi connectivity index (χ0v) is 9.23. The van der Waals surface area contributed by atoms with Crippen LogP contribution in [0.4, 0.5) is 0 Å². The first-order valence-electron chi connectivity index (χ1n) is 5.32. The summed E-state index contributed by atoms with van der Waals surface area (Å²) < 4.78 is 5.71. The van der Waals surface area contributed by atoms with E-state index in [0.717, 1.165) is 19.6 Å². The Morgan fingerprint density at radius 3 is 2.23 bits per heavy atom. The average Bonchev–Trinajstić information content (AvgIpc) is 1.92. The molecule has 0 bridgehead atoms. The molecule has 1 saturated carbocycles. The number of rotatable bonds is 4. The molecule has 2 N–H and O–H groups in total. The molecule has 13 heavy (non-hydrogen) atoms. The van der Waals surface area contributed by atoms with Crippen molar-refractivity contribution in [3.05, 3.63) is 0 Å². The van der Waals surface area contributed by atoms with Gasteiger partial charge in [0.05, 0.1) is 5.60 Å². The molecule has 0 amide bonds. The molecule has 0 atom stereocenters. The van der Waals surface area contributed by atoms with Gasteiger partial charge in [0.2, 0.25) is 0 Å². The third kappa shape index (κ3) is 3.28. The van der Waals surface area contributed by atoms with Gasteiger partial charge in [-0.25, -0.2) is 0 Å². The number of nitrogens with two attached hydrogens (primary N) is 1. The molecule has 0 heterocycles. The smallest absolute Gasteiger partial charge is 0.0598 e. The first-order chi connectivity index (χ1) is 5.97. The number of ether oxygens (including phenoxy) is 1. The molecule has 1 aliphatic carbocycles. The molecule has 1 rings (SSSR count). The molecule has 0 aliphatic heterocycles. The maximum absolute atomic E-state index is 5.76. The predicted octanol–water partition coefficient (Wildman–Crippen LogP) is 2.32. The Balaban J connectivity index is 2.18. The van der Waals surface area contributed by atoms with Crippen LogP contribution in [0.25, 0.3) is 0 Å². The van der Waals surface area contributed by atoms with E-state index in [0.29, 0.717) is 5.41 Å². The molecule has 0 unspecified atom stereocenters. The monoisotopic (exact) mass is 185 g/mol. The highest BCUT2D eigenvalue weighted by Gasteiger charge is 2.35. The third-order valence-corrected chi connectivity index (χ3v) is 3.01. The molecule has 0 aromatic heterocycles. The molecule has 2 heteroatoms. The van der Waals surface area contributed by atoms with E-state index in [2.05, 4.69) is 20.8 Å². The molecular formula is C11H23NO. The second kappa shape index (κ2) is 3.97. The predicted molar refractivity (Wildman–Crippen MR) is 55.7 cm³/mol. The average molecular weight is 185 g/mol. The molecule has 2 nitrogen and oxygen atoms in total. The van der Waals surface area contributed by atoms with Gasteiger partial charge in [-0.2, -0.15) is 0 Å². The van der Waals surface area contributed by atoms with Gasteiger partial charge in [0.1, 0.15) is 0 Å². The van der Waals surface area contributed by atoms with Crippen molar-refractivity contribution in [2.24, 2.45) is 11.1 Å². The Morgan fingerprint density at radius 1 is 1.31 bits per heavy atom. The van der Waals surface area contributed by atoms with Crippen LogP contribution in [-0.2, 0) is 4.74 Å². The summed E-state index contributed by atoms with van der Waals surface area (Å²) in [6.45, 7) is 8.00. The van der Waals surface area contributed by atoms with Crippen molar-refractivity contribution in [2.45, 2.75) is 52.1 Å². The fraction of sp³-hybridized carbons (Fsp3) is 1.00. The fourth-order valence-corrected chi connectivity index (χ4v) is 1.81. The van der Waals surface area contributed by atoms with Gasteiger partial charge in [-0.15, -0.1) is 0 Å². The van der Waals surface area contributed by atoms with Gasteiger partial charge in [0.25, 0.3) is 0 Å². The lowest BCUT2D eigenvalue weighted by molar-refractivity contribution is -0.0293. The summed E-state index contributed by atoms with van der Waals surface area (Å²) in [5.41, 5.74) is 6.20. The highest BCUT2D eigenvalue weighted by molar-refractivity contribution is 4.88. The van der Waals surface area contributed by atoms with Crippen LogP contribution in [0.5, 0.6) is 0 Å². The number of hydrogen-bond donors (Lipinski definition) is 1. The molecule has 0 aromatic carbocycles. The van der Waals surface area contributed by atoms with Crippen LogP contribution in [0.2, 0.25) is 0 Å². The summed E-state index contributed by atoms with van der Waals surface area (Å²) in [5.74, 6) is 0. The fourth-order valence-electron chi connectivity index (χ4n) is 1.81. The largest absolute Gasteiger partial charge is 0.376 e. The summed E-state index contributed by atoms with van der Waals surface area (Å²) in [6, 6.07) is 0. The van der Waals surface area contributed by atoms with E-state index in [1.54, 1.807) is 0 Å². The highest BCUT2D eigenvalue weighted by Crippen LogP contribution is 2.42. The SMILES string of the molecule is CC(C)(C)OCCC1(CN)CCC1. The third-order valence-electron chi connectivity index (χ3n) is 3.01. The van der Waals surface area contributed by atoms with Gasteiger partial charge in [-0.05, 0) is 52.0 Å². The van der Waals surface area contributed by atoms with Crippen LogP contribution >= 0.6 is 0 Å². The van der Waals surface area contributed by atoms with Gasteiger partial charge in [-0.3, -0.25) is 0 Å². The van der Waals surface area contributed by atoms with Gasteiger partial charge in [-0.1, -0.05) is 6.42 Å². The topological polar surface area (TPSA) is 35.2 Å². The Labute approximate surface area is 81.8 Å². The normalized spacial score (nSPS) is 21.2. The van der Waals surface area contributed by atoms with E-state index in [-0.39, 0.29) is 5.60 Å². The zero-order chi connectivity index (χ0) is 9.95. The summed E-state index contributed by atoms with van der Waals surface area (Å²) in [4.78, 5) is 0.